The van der Waals surface area contributed by atoms with Gasteiger partial charge in [-0.25, -0.2) is 0 Å². The number of rotatable bonds is 11. The summed E-state index contributed by atoms with van der Waals surface area (Å²) in [4.78, 5) is 0. The summed E-state index contributed by atoms with van der Waals surface area (Å²) < 4.78 is 0. The Balaban J connectivity index is 2.09. The van der Waals surface area contributed by atoms with Gasteiger partial charge in [-0.1, -0.05) is 82.2 Å². The summed E-state index contributed by atoms with van der Waals surface area (Å²) >= 11 is 13.1. The van der Waals surface area contributed by atoms with E-state index in [0.29, 0.717) is 0 Å². The molecule has 0 fully saturated rings. The van der Waals surface area contributed by atoms with Crippen LogP contribution in [0.25, 0.3) is 0 Å². The maximum atomic E-state index is 6.55. The van der Waals surface area contributed by atoms with E-state index in [-0.39, 0.29) is 0 Å². The van der Waals surface area contributed by atoms with Crippen LogP contribution in [0.5, 0.6) is 0 Å². The van der Waals surface area contributed by atoms with Gasteiger partial charge < -0.3 is 0 Å². The minimum atomic E-state index is -2.02. The normalized spacial score (nSPS) is 11.8. The van der Waals surface area contributed by atoms with Gasteiger partial charge in [0.25, 0.3) is 6.69 Å². The van der Waals surface area contributed by atoms with Gasteiger partial charge in [0, 0.05) is 0 Å². The van der Waals surface area contributed by atoms with Gasteiger partial charge in [0.2, 0.25) is 0 Å². The fraction of sp³-hybridized carbons (Fsp3) is 0.647. The fourth-order valence-electron chi connectivity index (χ4n) is 2.44. The zero-order chi connectivity index (χ0) is 14.7. The first kappa shape index (κ1) is 18.1. The Morgan fingerprint density at radius 3 is 2.05 bits per heavy atom. The zero-order valence-electron chi connectivity index (χ0n) is 12.7. The van der Waals surface area contributed by atoms with Gasteiger partial charge in [-0.15, -0.1) is 22.2 Å². The summed E-state index contributed by atoms with van der Waals surface area (Å²) in [5, 5.41) is 0. The second kappa shape index (κ2) is 10.7. The first-order valence-corrected chi connectivity index (χ1v) is 12.5. The van der Waals surface area contributed by atoms with Crippen molar-refractivity contribution >= 4 is 28.9 Å². The molecule has 0 radical (unpaired) electrons. The average molecular weight is 331 g/mol. The van der Waals surface area contributed by atoms with Gasteiger partial charge in [0.15, 0.2) is 0 Å². The highest BCUT2D eigenvalue weighted by atomic mass is 35.7. The molecule has 1 aromatic carbocycles. The van der Waals surface area contributed by atoms with Crippen LogP contribution in [0.2, 0.25) is 12.1 Å². The molecule has 0 bridgehead atoms. The van der Waals surface area contributed by atoms with Crippen molar-refractivity contribution in [2.24, 2.45) is 0 Å². The van der Waals surface area contributed by atoms with E-state index in [1.165, 1.54) is 50.5 Å². The molecule has 0 aliphatic heterocycles. The summed E-state index contributed by atoms with van der Waals surface area (Å²) in [6.07, 6.45) is 10.3. The Labute approximate surface area is 135 Å². The number of hydrogen-bond acceptors (Lipinski definition) is 0. The number of aryl methyl sites for hydroxylation is 1. The van der Waals surface area contributed by atoms with Gasteiger partial charge in [-0.2, -0.15) is 0 Å². The second-order valence-corrected chi connectivity index (χ2v) is 13.3. The van der Waals surface area contributed by atoms with E-state index >= 15 is 0 Å². The first-order chi connectivity index (χ1) is 9.64. The predicted octanol–water partition coefficient (Wildman–Crippen LogP) is 6.90. The van der Waals surface area contributed by atoms with Crippen LogP contribution in [0.1, 0.15) is 57.4 Å². The van der Waals surface area contributed by atoms with Crippen LogP contribution in [0, 0.1) is 0 Å². The van der Waals surface area contributed by atoms with Gasteiger partial charge in [0.05, 0.1) is 0 Å². The van der Waals surface area contributed by atoms with Gasteiger partial charge >= 0.3 is 0 Å². The summed E-state index contributed by atoms with van der Waals surface area (Å²) in [6, 6.07) is 12.6. The molecule has 0 amide bonds. The van der Waals surface area contributed by atoms with Crippen molar-refractivity contribution < 1.29 is 0 Å². The lowest BCUT2D eigenvalue weighted by Gasteiger charge is -2.16. The molecule has 0 heterocycles. The molecule has 0 atom stereocenters. The smallest absolute Gasteiger partial charge is 0.146 e. The number of hydrogen-bond donors (Lipinski definition) is 0. The molecule has 0 aliphatic rings. The van der Waals surface area contributed by atoms with E-state index in [9.17, 15) is 0 Å². The lowest BCUT2D eigenvalue weighted by atomic mass is 10.1. The molecule has 0 aromatic heterocycles. The van der Waals surface area contributed by atoms with E-state index < -0.39 is 6.69 Å². The van der Waals surface area contributed by atoms with Crippen LogP contribution in [0.3, 0.4) is 0 Å². The van der Waals surface area contributed by atoms with E-state index in [4.69, 9.17) is 22.2 Å². The Bertz CT molecular complexity index is 338. The predicted molar refractivity (Wildman–Crippen MR) is 95.2 cm³/mol. The Hall–Kier alpha value is 0.0169. The fourth-order valence-corrected chi connectivity index (χ4v) is 5.48. The number of halogens is 2. The van der Waals surface area contributed by atoms with Crippen molar-refractivity contribution in [3.63, 3.8) is 0 Å². The SMILES string of the molecule is CCCCCCCCC[Si](Cl)(Cl)CCc1ccccc1. The average Bonchev–Trinajstić information content (AvgIpc) is 2.45. The first-order valence-electron chi connectivity index (χ1n) is 8.06. The molecule has 0 N–H and O–H groups in total. The molecule has 0 unspecified atom stereocenters. The van der Waals surface area contributed by atoms with Crippen LogP contribution >= 0.6 is 22.2 Å². The molecule has 1 aromatic rings. The summed E-state index contributed by atoms with van der Waals surface area (Å²) in [5.74, 6) is 0. The molecule has 1 rings (SSSR count). The van der Waals surface area contributed by atoms with Crippen LogP contribution in [0.4, 0.5) is 0 Å². The minimum Gasteiger partial charge on any atom is -0.146 e. The third-order valence-electron chi connectivity index (χ3n) is 3.77. The summed E-state index contributed by atoms with van der Waals surface area (Å²) in [5.41, 5.74) is 1.35. The van der Waals surface area contributed by atoms with Crippen molar-refractivity contribution in [3.05, 3.63) is 35.9 Å². The third-order valence-corrected chi connectivity index (χ3v) is 8.10. The van der Waals surface area contributed by atoms with Crippen molar-refractivity contribution in [1.82, 2.24) is 0 Å². The Morgan fingerprint density at radius 2 is 1.40 bits per heavy atom. The monoisotopic (exact) mass is 330 g/mol. The maximum Gasteiger partial charge on any atom is 0.251 e. The molecule has 114 valence electrons. The summed E-state index contributed by atoms with van der Waals surface area (Å²) in [7, 11) is 0. The van der Waals surface area contributed by atoms with E-state index in [1.54, 1.807) is 0 Å². The van der Waals surface area contributed by atoms with Crippen molar-refractivity contribution in [2.75, 3.05) is 0 Å². The molecule has 0 saturated carbocycles. The van der Waals surface area contributed by atoms with Crippen LogP contribution in [-0.2, 0) is 6.42 Å². The molecule has 0 spiro atoms. The lowest BCUT2D eigenvalue weighted by Crippen LogP contribution is -2.19. The van der Waals surface area contributed by atoms with Crippen molar-refractivity contribution in [1.29, 1.82) is 0 Å². The zero-order valence-corrected chi connectivity index (χ0v) is 15.2. The van der Waals surface area contributed by atoms with Gasteiger partial charge in [-0.05, 0) is 24.1 Å². The molecular formula is C17H28Cl2Si. The van der Waals surface area contributed by atoms with E-state index in [1.807, 2.05) is 6.07 Å². The largest absolute Gasteiger partial charge is 0.251 e. The number of benzene rings is 1. The van der Waals surface area contributed by atoms with Crippen LogP contribution < -0.4 is 0 Å². The van der Waals surface area contributed by atoms with Crippen LogP contribution in [-0.4, -0.2) is 6.69 Å². The molecule has 0 nitrogen and oxygen atoms in total. The van der Waals surface area contributed by atoms with Crippen molar-refractivity contribution in [3.8, 4) is 0 Å². The topological polar surface area (TPSA) is 0 Å². The Kier molecular flexibility index (Phi) is 9.67. The second-order valence-electron chi connectivity index (χ2n) is 5.71. The minimum absolute atomic E-state index is 0.982. The highest BCUT2D eigenvalue weighted by Gasteiger charge is 2.27. The maximum absolute atomic E-state index is 6.55. The molecule has 20 heavy (non-hydrogen) atoms. The highest BCUT2D eigenvalue weighted by Crippen LogP contribution is 2.29. The molecule has 3 heteroatoms. The van der Waals surface area contributed by atoms with Gasteiger partial charge in [-0.3, -0.25) is 0 Å². The highest BCUT2D eigenvalue weighted by molar-refractivity contribution is 7.45. The third kappa shape index (κ3) is 9.04. The molecule has 0 aliphatic carbocycles. The van der Waals surface area contributed by atoms with Crippen LogP contribution in [0.15, 0.2) is 30.3 Å². The summed E-state index contributed by atoms with van der Waals surface area (Å²) in [6.45, 7) is 0.241. The standard InChI is InChI=1S/C17H28Cl2Si/c1-2-3-4-5-6-7-11-15-20(18,19)16-14-17-12-9-8-10-13-17/h8-10,12-13H,2-7,11,14-16H2,1H3. The van der Waals surface area contributed by atoms with E-state index in [2.05, 4.69) is 31.2 Å². The Morgan fingerprint density at radius 1 is 0.800 bits per heavy atom. The molecular weight excluding hydrogens is 303 g/mol. The quantitative estimate of drug-likeness (QED) is 0.235. The van der Waals surface area contributed by atoms with Gasteiger partial charge in [0.1, 0.15) is 0 Å². The number of unbranched alkanes of at least 4 members (excludes halogenated alkanes) is 6. The lowest BCUT2D eigenvalue weighted by molar-refractivity contribution is 0.601. The van der Waals surface area contributed by atoms with Crippen molar-refractivity contribution in [2.45, 2.75) is 70.4 Å². The van der Waals surface area contributed by atoms with E-state index in [0.717, 1.165) is 18.5 Å². The molecule has 0 saturated heterocycles.